The molecule has 3 aromatic carbocycles. The molecule has 3 rings (SSSR count). The zero-order valence-corrected chi connectivity index (χ0v) is 15.7. The monoisotopic (exact) mass is 391 g/mol. The Morgan fingerprint density at radius 3 is 2.03 bits per heavy atom. The van der Waals surface area contributed by atoms with E-state index in [9.17, 15) is 9.59 Å². The molecule has 0 saturated heterocycles. The van der Waals surface area contributed by atoms with Crippen molar-refractivity contribution in [3.8, 4) is 17.2 Å². The van der Waals surface area contributed by atoms with Crippen LogP contribution in [-0.4, -0.2) is 35.0 Å². The summed E-state index contributed by atoms with van der Waals surface area (Å²) in [5.74, 6) is 0.0124. The molecule has 1 N–H and O–H groups in total. The van der Waals surface area contributed by atoms with Gasteiger partial charge in [0.1, 0.15) is 12.3 Å². The Hall–Kier alpha value is -3.80. The molecular weight excluding hydrogens is 370 g/mol. The highest BCUT2D eigenvalue weighted by Crippen LogP contribution is 2.31. The van der Waals surface area contributed by atoms with E-state index in [2.05, 4.69) is 0 Å². The molecule has 0 saturated carbocycles. The molecule has 0 aliphatic carbocycles. The van der Waals surface area contributed by atoms with Crippen molar-refractivity contribution in [1.82, 2.24) is 4.90 Å². The van der Waals surface area contributed by atoms with Crippen LogP contribution < -0.4 is 9.47 Å². The SMILES string of the molecule is O=C(O)CN(Cc1ccccc1)C(=O)COc1ccccc1Oc1ccccc1. The number of rotatable bonds is 9. The van der Waals surface area contributed by atoms with E-state index in [-0.39, 0.29) is 13.2 Å². The Kier molecular flexibility index (Phi) is 6.84. The predicted molar refractivity (Wildman–Crippen MR) is 108 cm³/mol. The first-order valence-corrected chi connectivity index (χ1v) is 9.10. The normalized spacial score (nSPS) is 10.2. The molecule has 148 valence electrons. The molecule has 0 atom stereocenters. The van der Waals surface area contributed by atoms with Gasteiger partial charge in [-0.25, -0.2) is 0 Å². The molecule has 0 aliphatic rings. The number of benzene rings is 3. The Morgan fingerprint density at radius 1 is 0.793 bits per heavy atom. The summed E-state index contributed by atoms with van der Waals surface area (Å²) < 4.78 is 11.5. The number of aliphatic carboxylic acids is 1. The van der Waals surface area contributed by atoms with E-state index in [0.717, 1.165) is 5.56 Å². The molecule has 0 heterocycles. The van der Waals surface area contributed by atoms with Gasteiger partial charge in [-0.2, -0.15) is 0 Å². The number of carbonyl (C=O) groups is 2. The quantitative estimate of drug-likeness (QED) is 0.597. The van der Waals surface area contributed by atoms with Crippen LogP contribution in [0.15, 0.2) is 84.9 Å². The summed E-state index contributed by atoms with van der Waals surface area (Å²) in [5.41, 5.74) is 0.843. The number of nitrogens with zero attached hydrogens (tertiary/aromatic N) is 1. The summed E-state index contributed by atoms with van der Waals surface area (Å²) in [6, 6.07) is 25.5. The van der Waals surface area contributed by atoms with Crippen molar-refractivity contribution in [2.24, 2.45) is 0 Å². The number of carboxylic acids is 1. The summed E-state index contributed by atoms with van der Waals surface area (Å²) in [4.78, 5) is 25.1. The zero-order chi connectivity index (χ0) is 20.5. The van der Waals surface area contributed by atoms with E-state index in [0.29, 0.717) is 17.2 Å². The Labute approximate surface area is 168 Å². The fourth-order valence-corrected chi connectivity index (χ4v) is 2.70. The van der Waals surface area contributed by atoms with Gasteiger partial charge in [0.15, 0.2) is 18.1 Å². The van der Waals surface area contributed by atoms with E-state index in [1.165, 1.54) is 4.90 Å². The highest BCUT2D eigenvalue weighted by atomic mass is 16.5. The smallest absolute Gasteiger partial charge is 0.323 e. The maximum Gasteiger partial charge on any atom is 0.323 e. The second-order valence-electron chi connectivity index (χ2n) is 6.28. The van der Waals surface area contributed by atoms with Crippen molar-refractivity contribution in [3.05, 3.63) is 90.5 Å². The second kappa shape index (κ2) is 9.94. The van der Waals surface area contributed by atoms with E-state index < -0.39 is 18.4 Å². The van der Waals surface area contributed by atoms with E-state index in [4.69, 9.17) is 14.6 Å². The maximum absolute atomic E-state index is 12.6. The first kappa shape index (κ1) is 19.9. The van der Waals surface area contributed by atoms with Crippen LogP contribution in [0.3, 0.4) is 0 Å². The molecule has 0 aromatic heterocycles. The lowest BCUT2D eigenvalue weighted by Crippen LogP contribution is -2.38. The fourth-order valence-electron chi connectivity index (χ4n) is 2.70. The number of ether oxygens (including phenoxy) is 2. The highest BCUT2D eigenvalue weighted by Gasteiger charge is 2.18. The van der Waals surface area contributed by atoms with Gasteiger partial charge in [-0.15, -0.1) is 0 Å². The topological polar surface area (TPSA) is 76.1 Å². The van der Waals surface area contributed by atoms with Gasteiger partial charge in [0, 0.05) is 6.54 Å². The van der Waals surface area contributed by atoms with Crippen LogP contribution in [0.25, 0.3) is 0 Å². The van der Waals surface area contributed by atoms with Crippen LogP contribution in [-0.2, 0) is 16.1 Å². The van der Waals surface area contributed by atoms with Crippen LogP contribution in [0.1, 0.15) is 5.56 Å². The number of carbonyl (C=O) groups excluding carboxylic acids is 1. The minimum atomic E-state index is -1.08. The number of hydrogen-bond donors (Lipinski definition) is 1. The van der Waals surface area contributed by atoms with Gasteiger partial charge in [-0.3, -0.25) is 9.59 Å². The van der Waals surface area contributed by atoms with Crippen molar-refractivity contribution in [2.45, 2.75) is 6.54 Å². The van der Waals surface area contributed by atoms with Crippen molar-refractivity contribution in [1.29, 1.82) is 0 Å². The van der Waals surface area contributed by atoms with E-state index >= 15 is 0 Å². The van der Waals surface area contributed by atoms with Crippen molar-refractivity contribution in [2.75, 3.05) is 13.2 Å². The Morgan fingerprint density at radius 2 is 1.38 bits per heavy atom. The van der Waals surface area contributed by atoms with Gasteiger partial charge in [-0.1, -0.05) is 60.7 Å². The highest BCUT2D eigenvalue weighted by molar-refractivity contribution is 5.82. The number of carboxylic acid groups (broad SMARTS) is 1. The number of para-hydroxylation sites is 3. The summed E-state index contributed by atoms with van der Waals surface area (Å²) in [5, 5.41) is 9.15. The van der Waals surface area contributed by atoms with Crippen molar-refractivity contribution >= 4 is 11.9 Å². The first-order valence-electron chi connectivity index (χ1n) is 9.10. The lowest BCUT2D eigenvalue weighted by atomic mass is 10.2. The van der Waals surface area contributed by atoms with E-state index in [1.807, 2.05) is 60.7 Å². The van der Waals surface area contributed by atoms with Gasteiger partial charge in [0.05, 0.1) is 0 Å². The summed E-state index contributed by atoms with van der Waals surface area (Å²) in [7, 11) is 0. The molecule has 0 spiro atoms. The number of amides is 1. The van der Waals surface area contributed by atoms with Gasteiger partial charge in [0.2, 0.25) is 0 Å². The largest absolute Gasteiger partial charge is 0.480 e. The fraction of sp³-hybridized carbons (Fsp3) is 0.130. The summed E-state index contributed by atoms with van der Waals surface area (Å²) in [6.07, 6.45) is 0. The minimum Gasteiger partial charge on any atom is -0.480 e. The van der Waals surface area contributed by atoms with Gasteiger partial charge < -0.3 is 19.5 Å². The molecule has 3 aromatic rings. The maximum atomic E-state index is 12.6. The van der Waals surface area contributed by atoms with Crippen LogP contribution >= 0.6 is 0 Å². The molecule has 0 fully saturated rings. The average Bonchev–Trinajstić information content (AvgIpc) is 2.73. The first-order chi connectivity index (χ1) is 14.1. The minimum absolute atomic E-state index is 0.192. The van der Waals surface area contributed by atoms with Gasteiger partial charge >= 0.3 is 5.97 Å². The molecule has 0 radical (unpaired) electrons. The lowest BCUT2D eigenvalue weighted by molar-refractivity contribution is -0.145. The number of hydrogen-bond acceptors (Lipinski definition) is 4. The average molecular weight is 391 g/mol. The lowest BCUT2D eigenvalue weighted by Gasteiger charge is -2.21. The third-order valence-corrected chi connectivity index (χ3v) is 4.07. The van der Waals surface area contributed by atoms with Crippen LogP contribution in [0.2, 0.25) is 0 Å². The van der Waals surface area contributed by atoms with Gasteiger partial charge in [0.25, 0.3) is 5.91 Å². The summed E-state index contributed by atoms with van der Waals surface area (Å²) >= 11 is 0. The molecule has 6 nitrogen and oxygen atoms in total. The zero-order valence-electron chi connectivity index (χ0n) is 15.7. The summed E-state index contributed by atoms with van der Waals surface area (Å²) in [6.45, 7) is -0.508. The van der Waals surface area contributed by atoms with Gasteiger partial charge in [-0.05, 0) is 29.8 Å². The molecule has 0 bridgehead atoms. The second-order valence-corrected chi connectivity index (χ2v) is 6.28. The molecule has 0 aliphatic heterocycles. The standard InChI is InChI=1S/C23H21NO5/c25-22(24(16-23(26)27)15-18-9-3-1-4-10-18)17-28-20-13-7-8-14-21(20)29-19-11-5-2-6-12-19/h1-14H,15-17H2,(H,26,27). The van der Waals surface area contributed by atoms with Crippen molar-refractivity contribution in [3.63, 3.8) is 0 Å². The van der Waals surface area contributed by atoms with Crippen LogP contribution in [0.5, 0.6) is 17.2 Å². The third-order valence-electron chi connectivity index (χ3n) is 4.07. The molecule has 6 heteroatoms. The molecule has 1 amide bonds. The Bertz CT molecular complexity index is 944. The van der Waals surface area contributed by atoms with Crippen molar-refractivity contribution < 1.29 is 24.2 Å². The van der Waals surface area contributed by atoms with Crippen LogP contribution in [0, 0.1) is 0 Å². The van der Waals surface area contributed by atoms with E-state index in [1.54, 1.807) is 24.3 Å². The molecular formula is C23H21NO5. The Balaban J connectivity index is 1.67. The molecule has 0 unspecified atom stereocenters. The predicted octanol–water partition coefficient (Wildman–Crippen LogP) is 3.97. The van der Waals surface area contributed by atoms with Crippen LogP contribution in [0.4, 0.5) is 0 Å². The third kappa shape index (κ3) is 6.10. The molecule has 29 heavy (non-hydrogen) atoms.